The number of hydrogen-bond acceptors (Lipinski definition) is 8. The molecule has 9 nitrogen and oxygen atoms in total. The number of nitro groups is 1. The number of ether oxygens (including phenoxy) is 2. The van der Waals surface area contributed by atoms with Crippen molar-refractivity contribution in [3.05, 3.63) is 135 Å². The Morgan fingerprint density at radius 2 is 1.76 bits per heavy atom. The molecule has 1 aliphatic heterocycles. The van der Waals surface area contributed by atoms with E-state index in [0.717, 1.165) is 4.57 Å². The molecule has 1 aliphatic rings. The van der Waals surface area contributed by atoms with Gasteiger partial charge in [0.15, 0.2) is 10.5 Å². The third kappa shape index (κ3) is 6.80. The molecule has 0 radical (unpaired) electrons. The van der Waals surface area contributed by atoms with Gasteiger partial charge in [0.2, 0.25) is 0 Å². The number of nitrogens with zero attached hydrogens (tertiary/aromatic N) is 3. The first-order valence-corrected chi connectivity index (χ1v) is 14.7. The van der Waals surface area contributed by atoms with Crippen molar-refractivity contribution in [3.8, 4) is 5.75 Å². The maximum atomic E-state index is 14.3. The Morgan fingerprint density at radius 3 is 2.38 bits per heavy atom. The van der Waals surface area contributed by atoms with Gasteiger partial charge in [0.05, 0.1) is 27.7 Å². The normalized spacial score (nSPS) is 15.0. The molecule has 0 bridgehead atoms. The molecule has 0 saturated heterocycles. The van der Waals surface area contributed by atoms with Crippen LogP contribution in [-0.4, -0.2) is 28.2 Å². The van der Waals surface area contributed by atoms with Gasteiger partial charge in [-0.3, -0.25) is 19.5 Å². The number of esters is 1. The summed E-state index contributed by atoms with van der Waals surface area (Å²) in [4.78, 5) is 40.7. The Labute approximate surface area is 266 Å². The molecular formula is C30H20Cl2F3N3O6S. The van der Waals surface area contributed by atoms with Gasteiger partial charge in [-0.1, -0.05) is 46.7 Å². The van der Waals surface area contributed by atoms with Gasteiger partial charge < -0.3 is 9.47 Å². The number of halogens is 5. The topological polar surface area (TPSA) is 113 Å². The van der Waals surface area contributed by atoms with E-state index in [0.29, 0.717) is 32.5 Å². The average Bonchev–Trinajstić information content (AvgIpc) is 3.30. The minimum absolute atomic E-state index is 0.0100. The molecule has 0 fully saturated rings. The van der Waals surface area contributed by atoms with Crippen LogP contribution in [0.15, 0.2) is 87.8 Å². The molecule has 1 aromatic heterocycles. The number of non-ortho nitro benzene ring substituents is 1. The molecule has 3 aromatic carbocycles. The molecule has 5 rings (SSSR count). The minimum atomic E-state index is -5.05. The zero-order chi connectivity index (χ0) is 32.5. The fourth-order valence-electron chi connectivity index (χ4n) is 4.58. The lowest BCUT2D eigenvalue weighted by molar-refractivity contribution is -0.384. The SMILES string of the molecule is CCOC(=O)C1=C(C(F)(F)F)N=c2s/c(=C\c3cc(Cl)ccc3OCc3ccc([N+](=O)[O-])cc3)c(=O)n2[C@H]1c1ccc(Cl)cc1. The molecule has 0 N–H and O–H groups in total. The molecule has 0 saturated carbocycles. The Morgan fingerprint density at radius 1 is 1.09 bits per heavy atom. The smallest absolute Gasteiger partial charge is 0.434 e. The molecular weight excluding hydrogens is 658 g/mol. The summed E-state index contributed by atoms with van der Waals surface area (Å²) in [5, 5.41) is 11.5. The zero-order valence-corrected chi connectivity index (χ0v) is 25.3. The highest BCUT2D eigenvalue weighted by Crippen LogP contribution is 2.38. The van der Waals surface area contributed by atoms with E-state index in [-0.39, 0.29) is 39.5 Å². The molecule has 1 atom stereocenters. The summed E-state index contributed by atoms with van der Waals surface area (Å²) in [7, 11) is 0. The minimum Gasteiger partial charge on any atom is -0.488 e. The fraction of sp³-hybridized carbons (Fsp3) is 0.167. The van der Waals surface area contributed by atoms with Gasteiger partial charge in [-0.05, 0) is 66.6 Å². The number of carbonyl (C=O) groups excluding carboxylic acids is 1. The van der Waals surface area contributed by atoms with E-state index < -0.39 is 39.9 Å². The molecule has 0 amide bonds. The Bertz CT molecular complexity index is 2010. The first kappa shape index (κ1) is 31.9. The highest BCUT2D eigenvalue weighted by molar-refractivity contribution is 7.07. The highest BCUT2D eigenvalue weighted by Gasteiger charge is 2.45. The fourth-order valence-corrected chi connectivity index (χ4v) is 5.88. The van der Waals surface area contributed by atoms with Crippen LogP contribution in [0.1, 0.15) is 29.7 Å². The van der Waals surface area contributed by atoms with E-state index in [1.807, 2.05) is 0 Å². The molecule has 232 valence electrons. The van der Waals surface area contributed by atoms with Crippen LogP contribution in [0, 0.1) is 10.1 Å². The Kier molecular flexibility index (Phi) is 9.14. The summed E-state index contributed by atoms with van der Waals surface area (Å²) in [6.07, 6.45) is -3.64. The Hall–Kier alpha value is -4.46. The van der Waals surface area contributed by atoms with Crippen molar-refractivity contribution < 1.29 is 32.4 Å². The van der Waals surface area contributed by atoms with Crippen molar-refractivity contribution in [1.29, 1.82) is 0 Å². The number of benzene rings is 3. The van der Waals surface area contributed by atoms with E-state index in [9.17, 15) is 32.9 Å². The maximum Gasteiger partial charge on any atom is 0.434 e. The second-order valence-electron chi connectivity index (χ2n) is 9.51. The number of fused-ring (bicyclic) bond motifs is 1. The molecule has 2 heterocycles. The van der Waals surface area contributed by atoms with Crippen LogP contribution < -0.4 is 19.6 Å². The number of allylic oxidation sites excluding steroid dienone is 1. The van der Waals surface area contributed by atoms with Crippen LogP contribution in [0.25, 0.3) is 6.08 Å². The summed E-state index contributed by atoms with van der Waals surface area (Å²) in [5.41, 5.74) is -1.97. The first-order valence-electron chi connectivity index (χ1n) is 13.1. The van der Waals surface area contributed by atoms with E-state index >= 15 is 0 Å². The van der Waals surface area contributed by atoms with Crippen LogP contribution in [0.5, 0.6) is 5.75 Å². The van der Waals surface area contributed by atoms with Crippen LogP contribution >= 0.6 is 34.5 Å². The summed E-state index contributed by atoms with van der Waals surface area (Å²) < 4.78 is 54.9. The van der Waals surface area contributed by atoms with Crippen molar-refractivity contribution in [1.82, 2.24) is 4.57 Å². The van der Waals surface area contributed by atoms with E-state index in [4.69, 9.17) is 32.7 Å². The van der Waals surface area contributed by atoms with Gasteiger partial charge in [0.1, 0.15) is 12.4 Å². The van der Waals surface area contributed by atoms with Crippen molar-refractivity contribution in [2.24, 2.45) is 4.99 Å². The van der Waals surface area contributed by atoms with Crippen LogP contribution in [-0.2, 0) is 16.1 Å². The van der Waals surface area contributed by atoms with Crippen LogP contribution in [0.4, 0.5) is 18.9 Å². The quantitative estimate of drug-likeness (QED) is 0.126. The van der Waals surface area contributed by atoms with Crippen molar-refractivity contribution in [2.75, 3.05) is 6.61 Å². The number of thiazole rings is 1. The number of aromatic nitrogens is 1. The lowest BCUT2D eigenvalue weighted by atomic mass is 9.95. The summed E-state index contributed by atoms with van der Waals surface area (Å²) in [5.74, 6) is -0.986. The number of rotatable bonds is 8. The predicted octanol–water partition coefficient (Wildman–Crippen LogP) is 6.13. The second-order valence-corrected chi connectivity index (χ2v) is 11.4. The summed E-state index contributed by atoms with van der Waals surface area (Å²) >= 11 is 12.9. The van der Waals surface area contributed by atoms with Crippen molar-refractivity contribution in [2.45, 2.75) is 25.7 Å². The van der Waals surface area contributed by atoms with E-state index in [1.54, 1.807) is 12.1 Å². The highest BCUT2D eigenvalue weighted by atomic mass is 35.5. The summed E-state index contributed by atoms with van der Waals surface area (Å²) in [6.45, 7) is 1.25. The van der Waals surface area contributed by atoms with Gasteiger partial charge in [-0.2, -0.15) is 13.2 Å². The monoisotopic (exact) mass is 677 g/mol. The van der Waals surface area contributed by atoms with Gasteiger partial charge in [0, 0.05) is 27.7 Å². The number of hydrogen-bond donors (Lipinski definition) is 0. The molecule has 0 aliphatic carbocycles. The Balaban J connectivity index is 1.64. The molecule has 15 heteroatoms. The second kappa shape index (κ2) is 12.9. The standard InChI is InChI=1S/C30H20Cl2F3N3O6S/c1-2-43-28(40)24-25(17-5-7-19(31)8-6-17)37-27(39)23(45-29(37)36-26(24)30(33,34)35)14-18-13-20(32)9-12-22(18)44-15-16-3-10-21(11-4-16)38(41)42/h3-14,25H,2,15H2,1H3/b23-14-/t25-/m0/s1. The zero-order valence-electron chi connectivity index (χ0n) is 23.0. The molecule has 45 heavy (non-hydrogen) atoms. The lowest BCUT2D eigenvalue weighted by Gasteiger charge is -2.26. The van der Waals surface area contributed by atoms with Gasteiger partial charge in [-0.15, -0.1) is 0 Å². The van der Waals surface area contributed by atoms with Gasteiger partial charge in [-0.25, -0.2) is 9.79 Å². The molecule has 4 aromatic rings. The van der Waals surface area contributed by atoms with Gasteiger partial charge in [0.25, 0.3) is 11.2 Å². The number of carbonyl (C=O) groups is 1. The largest absolute Gasteiger partial charge is 0.488 e. The van der Waals surface area contributed by atoms with Gasteiger partial charge >= 0.3 is 12.1 Å². The molecule has 0 spiro atoms. The van der Waals surface area contributed by atoms with E-state index in [2.05, 4.69) is 4.99 Å². The van der Waals surface area contributed by atoms with Crippen molar-refractivity contribution >= 4 is 52.3 Å². The average molecular weight is 678 g/mol. The number of nitro benzene ring substituents is 1. The third-order valence-electron chi connectivity index (χ3n) is 6.58. The van der Waals surface area contributed by atoms with Crippen LogP contribution in [0.3, 0.4) is 0 Å². The van der Waals surface area contributed by atoms with Crippen molar-refractivity contribution in [3.63, 3.8) is 0 Å². The third-order valence-corrected chi connectivity index (χ3v) is 8.05. The number of alkyl halides is 3. The lowest BCUT2D eigenvalue weighted by Crippen LogP contribution is -2.41. The maximum absolute atomic E-state index is 14.3. The first-order chi connectivity index (χ1) is 21.4. The van der Waals surface area contributed by atoms with Crippen LogP contribution in [0.2, 0.25) is 10.0 Å². The summed E-state index contributed by atoms with van der Waals surface area (Å²) in [6, 6.07) is 14.5. The predicted molar refractivity (Wildman–Crippen MR) is 161 cm³/mol. The van der Waals surface area contributed by atoms with E-state index in [1.165, 1.54) is 67.6 Å². The molecule has 0 unspecified atom stereocenters.